The van der Waals surface area contributed by atoms with Gasteiger partial charge in [0, 0.05) is 10.9 Å². The molecule has 0 bridgehead atoms. The summed E-state index contributed by atoms with van der Waals surface area (Å²) in [5.74, 6) is 0.292. The van der Waals surface area contributed by atoms with Crippen LogP contribution in [0.25, 0.3) is 21.7 Å². The van der Waals surface area contributed by atoms with Gasteiger partial charge in [0.25, 0.3) is 11.6 Å². The highest BCUT2D eigenvalue weighted by Gasteiger charge is 2.20. The largest absolute Gasteiger partial charge is 0.497 e. The minimum absolute atomic E-state index is 0.319. The lowest BCUT2D eigenvalue weighted by Gasteiger charge is -2.10. The number of rotatable bonds is 4. The molecule has 28 heavy (non-hydrogen) atoms. The van der Waals surface area contributed by atoms with Crippen LogP contribution in [-0.2, 0) is 0 Å². The molecule has 4 rings (SSSR count). The Bertz CT molecular complexity index is 1200. The summed E-state index contributed by atoms with van der Waals surface area (Å²) in [6.45, 7) is 3.80. The maximum Gasteiger partial charge on any atom is 0.259 e. The number of hydrogen-bond donors (Lipinski definition) is 1. The monoisotopic (exact) mass is 413 g/mol. The van der Waals surface area contributed by atoms with E-state index < -0.39 is 0 Å². The van der Waals surface area contributed by atoms with Crippen LogP contribution in [0.1, 0.15) is 20.9 Å². The van der Waals surface area contributed by atoms with Gasteiger partial charge in [-0.15, -0.1) is 11.3 Å². The predicted octanol–water partition coefficient (Wildman–Crippen LogP) is 5.48. The third-order valence-corrected chi connectivity index (χ3v) is 5.61. The molecule has 8 heteroatoms. The van der Waals surface area contributed by atoms with Crippen LogP contribution in [0.5, 0.6) is 5.75 Å². The summed E-state index contributed by atoms with van der Waals surface area (Å²) in [5.41, 5.74) is 2.50. The molecular formula is C20H16ClN3O3S. The van der Waals surface area contributed by atoms with Crippen molar-refractivity contribution in [3.63, 3.8) is 0 Å². The molecule has 0 spiro atoms. The molecule has 1 amide bonds. The number of carbonyl (C=O) groups is 1. The van der Waals surface area contributed by atoms with Gasteiger partial charge in [0.1, 0.15) is 5.75 Å². The van der Waals surface area contributed by atoms with E-state index in [1.54, 1.807) is 49.6 Å². The molecule has 1 aromatic carbocycles. The molecule has 0 aliphatic carbocycles. The molecule has 1 N–H and O–H groups in total. The van der Waals surface area contributed by atoms with Crippen LogP contribution < -0.4 is 10.1 Å². The van der Waals surface area contributed by atoms with E-state index in [0.717, 1.165) is 9.75 Å². The van der Waals surface area contributed by atoms with Crippen LogP contribution in [0.3, 0.4) is 0 Å². The quantitative estimate of drug-likeness (QED) is 0.479. The predicted molar refractivity (Wildman–Crippen MR) is 111 cm³/mol. The highest BCUT2D eigenvalue weighted by atomic mass is 35.5. The van der Waals surface area contributed by atoms with Gasteiger partial charge in [-0.2, -0.15) is 0 Å². The highest BCUT2D eigenvalue weighted by Crippen LogP contribution is 2.32. The fourth-order valence-corrected chi connectivity index (χ4v) is 3.93. The van der Waals surface area contributed by atoms with Crippen LogP contribution in [0, 0.1) is 13.8 Å². The second-order valence-electron chi connectivity index (χ2n) is 6.21. The van der Waals surface area contributed by atoms with E-state index in [9.17, 15) is 4.79 Å². The molecule has 0 radical (unpaired) electrons. The van der Waals surface area contributed by atoms with Crippen molar-refractivity contribution in [2.75, 3.05) is 12.4 Å². The van der Waals surface area contributed by atoms with E-state index in [2.05, 4.69) is 15.5 Å². The molecule has 6 nitrogen and oxygen atoms in total. The van der Waals surface area contributed by atoms with Gasteiger partial charge in [0.15, 0.2) is 0 Å². The van der Waals surface area contributed by atoms with Gasteiger partial charge in [0.05, 0.1) is 45.0 Å². The van der Waals surface area contributed by atoms with Crippen molar-refractivity contribution in [1.29, 1.82) is 0 Å². The second-order valence-corrected chi connectivity index (χ2v) is 7.91. The molecule has 0 aliphatic rings. The Balaban J connectivity index is 1.78. The number of ether oxygens (including phenoxy) is 1. The third-order valence-electron chi connectivity index (χ3n) is 4.28. The number of halogens is 1. The number of nitrogens with one attached hydrogen (secondary N) is 1. The summed E-state index contributed by atoms with van der Waals surface area (Å²) >= 11 is 7.86. The Hall–Kier alpha value is -2.90. The molecule has 3 heterocycles. The first kappa shape index (κ1) is 18.5. The zero-order chi connectivity index (χ0) is 19.8. The topological polar surface area (TPSA) is 77.2 Å². The minimum atomic E-state index is -0.319. The number of amides is 1. The van der Waals surface area contributed by atoms with Crippen LogP contribution >= 0.6 is 22.9 Å². The third kappa shape index (κ3) is 3.34. The lowest BCUT2D eigenvalue weighted by atomic mass is 10.1. The summed E-state index contributed by atoms with van der Waals surface area (Å²) < 4.78 is 10.5. The Morgan fingerprint density at radius 2 is 2.04 bits per heavy atom. The van der Waals surface area contributed by atoms with Crippen molar-refractivity contribution in [2.24, 2.45) is 0 Å². The number of hydrogen-bond acceptors (Lipinski definition) is 6. The lowest BCUT2D eigenvalue weighted by Crippen LogP contribution is -2.13. The molecule has 142 valence electrons. The number of fused-ring (bicyclic) bond motifs is 1. The number of benzene rings is 1. The number of carbonyl (C=O) groups excluding carboxylic acids is 1. The number of thiophene rings is 1. The van der Waals surface area contributed by atoms with Gasteiger partial charge >= 0.3 is 0 Å². The van der Waals surface area contributed by atoms with E-state index in [4.69, 9.17) is 20.9 Å². The fraction of sp³-hybridized carbons (Fsp3) is 0.150. The standard InChI is InChI=1S/C20H16ClN3O3S/c1-10-4-7-17(28-10)16-9-13(18-11(2)24-27-20(18)23-16)19(25)22-15-6-5-12(26-3)8-14(15)21/h4-9H,1-3H3,(H,22,25). The van der Waals surface area contributed by atoms with Gasteiger partial charge in [-0.3, -0.25) is 4.79 Å². The zero-order valence-corrected chi connectivity index (χ0v) is 16.9. The SMILES string of the molecule is COc1ccc(NC(=O)c2cc(-c3ccc(C)s3)nc3onc(C)c23)c(Cl)c1. The van der Waals surface area contributed by atoms with Gasteiger partial charge in [0.2, 0.25) is 0 Å². The minimum Gasteiger partial charge on any atom is -0.497 e. The second kappa shape index (κ2) is 7.26. The van der Waals surface area contributed by atoms with E-state index in [1.807, 2.05) is 19.1 Å². The van der Waals surface area contributed by atoms with Crippen LogP contribution in [0.4, 0.5) is 5.69 Å². The summed E-state index contributed by atoms with van der Waals surface area (Å²) in [5, 5.41) is 7.79. The average Bonchev–Trinajstić information content (AvgIpc) is 3.28. The molecule has 0 aliphatic heterocycles. The average molecular weight is 414 g/mol. The zero-order valence-electron chi connectivity index (χ0n) is 15.4. The van der Waals surface area contributed by atoms with Crippen molar-refractivity contribution in [1.82, 2.24) is 10.1 Å². The number of methoxy groups -OCH3 is 1. The normalized spacial score (nSPS) is 11.0. The van der Waals surface area contributed by atoms with Crippen molar-refractivity contribution in [3.8, 4) is 16.3 Å². The van der Waals surface area contributed by atoms with Crippen LogP contribution in [0.15, 0.2) is 40.9 Å². The smallest absolute Gasteiger partial charge is 0.259 e. The molecule has 0 atom stereocenters. The maximum atomic E-state index is 13.1. The van der Waals surface area contributed by atoms with Gasteiger partial charge in [-0.1, -0.05) is 16.8 Å². The molecule has 0 saturated heterocycles. The first-order chi connectivity index (χ1) is 13.5. The summed E-state index contributed by atoms with van der Waals surface area (Å²) in [6.07, 6.45) is 0. The summed E-state index contributed by atoms with van der Waals surface area (Å²) in [4.78, 5) is 19.7. The molecule has 3 aromatic heterocycles. The molecular weight excluding hydrogens is 398 g/mol. The van der Waals surface area contributed by atoms with Gasteiger partial charge in [-0.25, -0.2) is 4.98 Å². The van der Waals surface area contributed by atoms with Crippen molar-refractivity contribution in [3.05, 3.63) is 57.6 Å². The van der Waals surface area contributed by atoms with E-state index >= 15 is 0 Å². The molecule has 0 fully saturated rings. The Labute approximate surface area is 170 Å². The number of aryl methyl sites for hydroxylation is 2. The number of anilines is 1. The lowest BCUT2D eigenvalue weighted by molar-refractivity contribution is 0.102. The Morgan fingerprint density at radius 1 is 1.21 bits per heavy atom. The van der Waals surface area contributed by atoms with Crippen molar-refractivity contribution in [2.45, 2.75) is 13.8 Å². The molecule has 0 unspecified atom stereocenters. The van der Waals surface area contributed by atoms with Gasteiger partial charge < -0.3 is 14.6 Å². The number of aromatic nitrogens is 2. The molecule has 4 aromatic rings. The Kier molecular flexibility index (Phi) is 4.78. The summed E-state index contributed by atoms with van der Waals surface area (Å²) in [6, 6.07) is 10.8. The highest BCUT2D eigenvalue weighted by molar-refractivity contribution is 7.15. The number of pyridine rings is 1. The maximum absolute atomic E-state index is 13.1. The van der Waals surface area contributed by atoms with E-state index in [0.29, 0.717) is 44.5 Å². The van der Waals surface area contributed by atoms with Crippen molar-refractivity contribution < 1.29 is 14.1 Å². The van der Waals surface area contributed by atoms with Gasteiger partial charge in [-0.05, 0) is 44.2 Å². The van der Waals surface area contributed by atoms with Crippen LogP contribution in [-0.4, -0.2) is 23.2 Å². The van der Waals surface area contributed by atoms with Crippen molar-refractivity contribution >= 4 is 45.6 Å². The fourth-order valence-electron chi connectivity index (χ4n) is 2.89. The van der Waals surface area contributed by atoms with Crippen LogP contribution in [0.2, 0.25) is 5.02 Å². The first-order valence-corrected chi connectivity index (χ1v) is 9.64. The first-order valence-electron chi connectivity index (χ1n) is 8.45. The molecule has 0 saturated carbocycles. The van der Waals surface area contributed by atoms with E-state index in [-0.39, 0.29) is 5.91 Å². The van der Waals surface area contributed by atoms with E-state index in [1.165, 1.54) is 0 Å². The Morgan fingerprint density at radius 3 is 2.71 bits per heavy atom. The number of nitrogens with zero attached hydrogens (tertiary/aromatic N) is 2. The summed E-state index contributed by atoms with van der Waals surface area (Å²) in [7, 11) is 1.56.